The van der Waals surface area contributed by atoms with Gasteiger partial charge in [-0.2, -0.15) is 5.48 Å². The number of phenolic OH excluding ortho intramolecular Hbond substituents is 1. The molecule has 0 heterocycles. The van der Waals surface area contributed by atoms with Gasteiger partial charge in [0.05, 0.1) is 33.4 Å². The molecule has 0 radical (unpaired) electrons. The van der Waals surface area contributed by atoms with Gasteiger partial charge in [-0.05, 0) is 12.1 Å². The number of hydrogen-bond acceptors (Lipinski definition) is 5. The highest BCUT2D eigenvalue weighted by molar-refractivity contribution is 5.53. The normalized spacial score (nSPS) is 10.1. The topological polar surface area (TPSA) is 60.0 Å². The summed E-state index contributed by atoms with van der Waals surface area (Å²) in [5, 5.41) is 9.64. The largest absolute Gasteiger partial charge is 0.507 e. The number of benzene rings is 1. The van der Waals surface area contributed by atoms with Crippen molar-refractivity contribution >= 4 is 0 Å². The van der Waals surface area contributed by atoms with E-state index < -0.39 is 0 Å². The summed E-state index contributed by atoms with van der Waals surface area (Å²) in [5.74, 6) is 1.21. The Balaban J connectivity index is 3.07. The van der Waals surface area contributed by atoms with Crippen LogP contribution in [-0.4, -0.2) is 26.4 Å². The zero-order valence-corrected chi connectivity index (χ0v) is 9.03. The molecule has 15 heavy (non-hydrogen) atoms. The molecule has 0 saturated carbocycles. The van der Waals surface area contributed by atoms with E-state index in [1.807, 2.05) is 0 Å². The van der Waals surface area contributed by atoms with Crippen molar-refractivity contribution in [2.45, 2.75) is 6.54 Å². The van der Waals surface area contributed by atoms with Crippen LogP contribution in [0.25, 0.3) is 0 Å². The molecule has 0 spiro atoms. The van der Waals surface area contributed by atoms with Crippen molar-refractivity contribution in [3.63, 3.8) is 0 Å². The van der Waals surface area contributed by atoms with E-state index in [0.29, 0.717) is 23.6 Å². The summed E-state index contributed by atoms with van der Waals surface area (Å²) in [4.78, 5) is 4.72. The fourth-order valence-electron chi connectivity index (χ4n) is 1.30. The second kappa shape index (κ2) is 5.43. The highest BCUT2D eigenvalue weighted by Crippen LogP contribution is 2.36. The van der Waals surface area contributed by atoms with Crippen LogP contribution in [-0.2, 0) is 11.4 Å². The van der Waals surface area contributed by atoms with Gasteiger partial charge in [0, 0.05) is 0 Å². The van der Waals surface area contributed by atoms with Crippen LogP contribution >= 0.6 is 0 Å². The zero-order valence-electron chi connectivity index (χ0n) is 9.03. The summed E-state index contributed by atoms with van der Waals surface area (Å²) in [6.45, 7) is 0.336. The first-order valence-electron chi connectivity index (χ1n) is 4.43. The van der Waals surface area contributed by atoms with Crippen LogP contribution < -0.4 is 15.0 Å². The molecule has 84 valence electrons. The van der Waals surface area contributed by atoms with Gasteiger partial charge in [-0.1, -0.05) is 0 Å². The average molecular weight is 213 g/mol. The molecule has 0 bridgehead atoms. The van der Waals surface area contributed by atoms with Crippen LogP contribution in [0.15, 0.2) is 12.1 Å². The molecule has 0 amide bonds. The number of hydroxylamine groups is 1. The van der Waals surface area contributed by atoms with E-state index >= 15 is 0 Å². The van der Waals surface area contributed by atoms with E-state index in [0.717, 1.165) is 0 Å². The fourth-order valence-corrected chi connectivity index (χ4v) is 1.30. The third-order valence-corrected chi connectivity index (χ3v) is 2.02. The number of nitrogens with one attached hydrogen (secondary N) is 1. The Kier molecular flexibility index (Phi) is 4.20. The van der Waals surface area contributed by atoms with Crippen molar-refractivity contribution in [2.24, 2.45) is 0 Å². The number of ether oxygens (including phenoxy) is 2. The minimum absolute atomic E-state index is 0.136. The van der Waals surface area contributed by atoms with E-state index in [1.165, 1.54) is 14.2 Å². The lowest BCUT2D eigenvalue weighted by Gasteiger charge is -2.13. The maximum Gasteiger partial charge on any atom is 0.168 e. The van der Waals surface area contributed by atoms with Gasteiger partial charge < -0.3 is 19.4 Å². The van der Waals surface area contributed by atoms with Crippen LogP contribution in [0.4, 0.5) is 0 Å². The van der Waals surface area contributed by atoms with Crippen LogP contribution in [0, 0.1) is 0 Å². The van der Waals surface area contributed by atoms with Crippen LogP contribution in [0.5, 0.6) is 17.2 Å². The van der Waals surface area contributed by atoms with Gasteiger partial charge in [-0.15, -0.1) is 0 Å². The van der Waals surface area contributed by atoms with E-state index in [1.54, 1.807) is 19.2 Å². The molecular weight excluding hydrogens is 198 g/mol. The van der Waals surface area contributed by atoms with Gasteiger partial charge in [0.15, 0.2) is 11.5 Å². The Morgan fingerprint density at radius 2 is 1.93 bits per heavy atom. The molecule has 1 aromatic rings. The summed E-state index contributed by atoms with van der Waals surface area (Å²) < 4.78 is 10.3. The van der Waals surface area contributed by atoms with Gasteiger partial charge in [0.25, 0.3) is 0 Å². The Hall–Kier alpha value is -1.46. The Bertz CT molecular complexity index is 327. The molecule has 0 saturated heterocycles. The summed E-state index contributed by atoms with van der Waals surface area (Å²) in [7, 11) is 4.57. The summed E-state index contributed by atoms with van der Waals surface area (Å²) in [6.07, 6.45) is 0. The molecule has 5 nitrogen and oxygen atoms in total. The molecule has 0 unspecified atom stereocenters. The maximum atomic E-state index is 9.64. The molecule has 1 aromatic carbocycles. The fraction of sp³-hybridized carbons (Fsp3) is 0.400. The second-order valence-electron chi connectivity index (χ2n) is 2.82. The predicted octanol–water partition coefficient (Wildman–Crippen LogP) is 1.06. The Morgan fingerprint density at radius 1 is 1.20 bits per heavy atom. The summed E-state index contributed by atoms with van der Waals surface area (Å²) >= 11 is 0. The number of hydrogen-bond donors (Lipinski definition) is 2. The first-order valence-corrected chi connectivity index (χ1v) is 4.43. The third-order valence-electron chi connectivity index (χ3n) is 2.02. The molecule has 1 rings (SSSR count). The zero-order chi connectivity index (χ0) is 11.3. The van der Waals surface area contributed by atoms with Crippen molar-refractivity contribution < 1.29 is 19.4 Å². The highest BCUT2D eigenvalue weighted by atomic mass is 16.6. The van der Waals surface area contributed by atoms with Gasteiger partial charge in [-0.3, -0.25) is 0 Å². The molecule has 0 aliphatic carbocycles. The van der Waals surface area contributed by atoms with Crippen LogP contribution in [0.3, 0.4) is 0 Å². The minimum Gasteiger partial charge on any atom is -0.507 e. The average Bonchev–Trinajstić information content (AvgIpc) is 2.27. The molecule has 0 aliphatic rings. The lowest BCUT2D eigenvalue weighted by molar-refractivity contribution is 0.0854. The van der Waals surface area contributed by atoms with Crippen molar-refractivity contribution in [1.82, 2.24) is 5.48 Å². The van der Waals surface area contributed by atoms with E-state index in [4.69, 9.17) is 14.3 Å². The standard InChI is InChI=1S/C10H15NO4/c1-13-9-5-4-8(12)7(6-11-15-3)10(9)14-2/h4-5,11-12H,6H2,1-3H3. The Morgan fingerprint density at radius 3 is 2.47 bits per heavy atom. The molecule has 0 aromatic heterocycles. The lowest BCUT2D eigenvalue weighted by atomic mass is 10.1. The van der Waals surface area contributed by atoms with Gasteiger partial charge in [0.2, 0.25) is 0 Å². The van der Waals surface area contributed by atoms with Crippen molar-refractivity contribution in [2.75, 3.05) is 21.3 Å². The first kappa shape index (κ1) is 11.6. The van der Waals surface area contributed by atoms with E-state index in [9.17, 15) is 5.11 Å². The summed E-state index contributed by atoms with van der Waals surface area (Å²) in [5.41, 5.74) is 3.23. The smallest absolute Gasteiger partial charge is 0.168 e. The molecule has 0 aliphatic heterocycles. The van der Waals surface area contributed by atoms with Crippen LogP contribution in [0.1, 0.15) is 5.56 Å². The SMILES string of the molecule is CONCc1c(O)ccc(OC)c1OC. The second-order valence-corrected chi connectivity index (χ2v) is 2.82. The number of aromatic hydroxyl groups is 1. The van der Waals surface area contributed by atoms with Gasteiger partial charge in [0.1, 0.15) is 5.75 Å². The number of phenols is 1. The molecule has 0 fully saturated rings. The highest BCUT2D eigenvalue weighted by Gasteiger charge is 2.13. The van der Waals surface area contributed by atoms with E-state index in [2.05, 4.69) is 5.48 Å². The molecular formula is C10H15NO4. The maximum absolute atomic E-state index is 9.64. The van der Waals surface area contributed by atoms with Gasteiger partial charge >= 0.3 is 0 Å². The van der Waals surface area contributed by atoms with Gasteiger partial charge in [-0.25, -0.2) is 0 Å². The molecule has 0 atom stereocenters. The predicted molar refractivity (Wildman–Crippen MR) is 55.1 cm³/mol. The Labute approximate surface area is 88.5 Å². The number of methoxy groups -OCH3 is 2. The van der Waals surface area contributed by atoms with Crippen LogP contribution in [0.2, 0.25) is 0 Å². The third kappa shape index (κ3) is 2.51. The molecule has 2 N–H and O–H groups in total. The first-order chi connectivity index (χ1) is 7.24. The minimum atomic E-state index is 0.136. The quantitative estimate of drug-likeness (QED) is 0.716. The lowest BCUT2D eigenvalue weighted by Crippen LogP contribution is -2.12. The molecule has 5 heteroatoms. The number of rotatable bonds is 5. The van der Waals surface area contributed by atoms with Crippen molar-refractivity contribution in [3.05, 3.63) is 17.7 Å². The summed E-state index contributed by atoms with van der Waals surface area (Å²) in [6, 6.07) is 3.19. The van der Waals surface area contributed by atoms with Crippen molar-refractivity contribution in [3.8, 4) is 17.2 Å². The van der Waals surface area contributed by atoms with Crippen molar-refractivity contribution in [1.29, 1.82) is 0 Å². The van der Waals surface area contributed by atoms with E-state index in [-0.39, 0.29) is 5.75 Å². The monoisotopic (exact) mass is 213 g/mol.